The predicted molar refractivity (Wildman–Crippen MR) is 103 cm³/mol. The third kappa shape index (κ3) is 5.46. The monoisotopic (exact) mass is 426 g/mol. The number of aliphatic hydroxyl groups is 3. The molecule has 0 aromatic carbocycles. The summed E-state index contributed by atoms with van der Waals surface area (Å²) >= 11 is 0. The Morgan fingerprint density at radius 3 is 2.80 bits per heavy atom. The number of nitrogens with one attached hydrogen (secondary N) is 1. The Hall–Kier alpha value is -2.70. The fraction of sp³-hybridized carbons (Fsp3) is 0.706. The standard InChI is InChI=1S/C17H26N6O7/c1-2-3-4-5-6-9-29-16(28)20-11-7-8-23(15(27)19-11)14-12(25)13(26)17(10-24,30-14)21-22-18/h7-8,12-14,24-26H,2-6,9-10H2,1H3,(H,19,20,27,28)/t12-,13-,14+,17+/m0/s1. The average molecular weight is 426 g/mol. The molecular weight excluding hydrogens is 400 g/mol. The number of carbonyl (C=O) groups is 1. The molecule has 4 atom stereocenters. The molecule has 1 saturated heterocycles. The van der Waals surface area contributed by atoms with Crippen molar-refractivity contribution >= 4 is 11.9 Å². The lowest BCUT2D eigenvalue weighted by Crippen LogP contribution is -2.44. The molecule has 0 unspecified atom stereocenters. The fourth-order valence-electron chi connectivity index (χ4n) is 3.00. The van der Waals surface area contributed by atoms with E-state index in [0.717, 1.165) is 36.7 Å². The van der Waals surface area contributed by atoms with Crippen LogP contribution in [0, 0.1) is 0 Å². The van der Waals surface area contributed by atoms with Gasteiger partial charge in [0.15, 0.2) is 6.23 Å². The SMILES string of the molecule is CCCCCCCOC(=O)Nc1ccn([C@@H]2O[C@@](CO)(N=[N+]=[N-])[C@@H](O)[C@@H]2O)c(=O)n1. The van der Waals surface area contributed by atoms with Crippen molar-refractivity contribution < 1.29 is 29.6 Å². The van der Waals surface area contributed by atoms with Crippen LogP contribution in [-0.2, 0) is 9.47 Å². The van der Waals surface area contributed by atoms with E-state index in [1.807, 2.05) is 0 Å². The lowest BCUT2D eigenvalue weighted by molar-refractivity contribution is -0.125. The van der Waals surface area contributed by atoms with Gasteiger partial charge in [-0.25, -0.2) is 9.59 Å². The topological polar surface area (TPSA) is 192 Å². The zero-order valence-corrected chi connectivity index (χ0v) is 16.5. The molecule has 0 saturated carbocycles. The van der Waals surface area contributed by atoms with Crippen LogP contribution in [-0.4, -0.2) is 62.1 Å². The van der Waals surface area contributed by atoms with Crippen molar-refractivity contribution in [3.05, 3.63) is 33.2 Å². The van der Waals surface area contributed by atoms with E-state index in [9.17, 15) is 24.9 Å². The van der Waals surface area contributed by atoms with E-state index in [-0.39, 0.29) is 12.4 Å². The van der Waals surface area contributed by atoms with Crippen LogP contribution in [0.25, 0.3) is 10.4 Å². The maximum absolute atomic E-state index is 12.3. The van der Waals surface area contributed by atoms with Gasteiger partial charge >= 0.3 is 11.8 Å². The van der Waals surface area contributed by atoms with Gasteiger partial charge in [-0.1, -0.05) is 37.7 Å². The summed E-state index contributed by atoms with van der Waals surface area (Å²) in [4.78, 5) is 30.2. The van der Waals surface area contributed by atoms with E-state index in [0.29, 0.717) is 0 Å². The number of hydrogen-bond donors (Lipinski definition) is 4. The Kier molecular flexibility index (Phi) is 8.57. The third-order valence-electron chi connectivity index (χ3n) is 4.66. The minimum atomic E-state index is -2.14. The number of azide groups is 1. The Labute approximate surface area is 171 Å². The smallest absolute Gasteiger partial charge is 0.412 e. The molecule has 4 N–H and O–H groups in total. The van der Waals surface area contributed by atoms with Crippen molar-refractivity contribution in [3.8, 4) is 0 Å². The molecule has 1 aliphatic rings. The van der Waals surface area contributed by atoms with E-state index in [4.69, 9.17) is 15.0 Å². The summed E-state index contributed by atoms with van der Waals surface area (Å²) in [5.74, 6) is -0.0799. The second-order valence-electron chi connectivity index (χ2n) is 6.81. The molecule has 1 aromatic heterocycles. The van der Waals surface area contributed by atoms with Crippen LogP contribution in [0.5, 0.6) is 0 Å². The third-order valence-corrected chi connectivity index (χ3v) is 4.66. The Morgan fingerprint density at radius 2 is 2.17 bits per heavy atom. The summed E-state index contributed by atoms with van der Waals surface area (Å²) in [6.07, 6.45) is 0.488. The van der Waals surface area contributed by atoms with Gasteiger partial charge in [-0.2, -0.15) is 4.98 Å². The number of nitrogens with zero attached hydrogens (tertiary/aromatic N) is 5. The maximum Gasteiger partial charge on any atom is 0.412 e. The molecule has 13 heteroatoms. The van der Waals surface area contributed by atoms with Crippen LogP contribution in [0.4, 0.5) is 10.6 Å². The summed E-state index contributed by atoms with van der Waals surface area (Å²) in [7, 11) is 0. The van der Waals surface area contributed by atoms with Crippen molar-refractivity contribution in [3.63, 3.8) is 0 Å². The first-order chi connectivity index (χ1) is 14.4. The van der Waals surface area contributed by atoms with Crippen molar-refractivity contribution in [1.29, 1.82) is 0 Å². The highest BCUT2D eigenvalue weighted by Gasteiger charge is 2.54. The molecule has 1 aliphatic heterocycles. The van der Waals surface area contributed by atoms with Crippen LogP contribution >= 0.6 is 0 Å². The van der Waals surface area contributed by atoms with Crippen molar-refractivity contribution in [2.75, 3.05) is 18.5 Å². The van der Waals surface area contributed by atoms with Crippen LogP contribution < -0.4 is 11.0 Å². The van der Waals surface area contributed by atoms with Gasteiger partial charge in [0.05, 0.1) is 13.2 Å². The molecule has 0 aliphatic carbocycles. The lowest BCUT2D eigenvalue weighted by Gasteiger charge is -2.23. The quantitative estimate of drug-likeness (QED) is 0.184. The number of rotatable bonds is 10. The number of amides is 1. The fourth-order valence-corrected chi connectivity index (χ4v) is 3.00. The van der Waals surface area contributed by atoms with Crippen molar-refractivity contribution in [2.45, 2.75) is 63.2 Å². The number of unbranched alkanes of at least 4 members (excludes halogenated alkanes) is 4. The number of aromatic nitrogens is 2. The normalized spacial score (nSPS) is 25.5. The van der Waals surface area contributed by atoms with E-state index in [2.05, 4.69) is 27.3 Å². The summed E-state index contributed by atoms with van der Waals surface area (Å²) in [6.45, 7) is 1.43. The van der Waals surface area contributed by atoms with Crippen LogP contribution in [0.2, 0.25) is 0 Å². The molecule has 30 heavy (non-hydrogen) atoms. The first kappa shape index (κ1) is 23.6. The molecule has 13 nitrogen and oxygen atoms in total. The van der Waals surface area contributed by atoms with Gasteiger partial charge in [-0.15, -0.1) is 0 Å². The second-order valence-corrected chi connectivity index (χ2v) is 6.81. The highest BCUT2D eigenvalue weighted by molar-refractivity contribution is 5.83. The van der Waals surface area contributed by atoms with Gasteiger partial charge in [0.1, 0.15) is 18.0 Å². The number of ether oxygens (including phenoxy) is 2. The van der Waals surface area contributed by atoms with Crippen molar-refractivity contribution in [1.82, 2.24) is 9.55 Å². The number of carbonyl (C=O) groups excluding carboxylic acids is 1. The van der Waals surface area contributed by atoms with Crippen molar-refractivity contribution in [2.24, 2.45) is 5.11 Å². The van der Waals surface area contributed by atoms with Gasteiger partial charge in [0.25, 0.3) is 0 Å². The lowest BCUT2D eigenvalue weighted by atomic mass is 10.1. The predicted octanol–water partition coefficient (Wildman–Crippen LogP) is 1.01. The molecule has 2 rings (SSSR count). The number of aliphatic hydroxyl groups excluding tert-OH is 3. The molecule has 1 aromatic rings. The summed E-state index contributed by atoms with van der Waals surface area (Å²) in [5, 5.41) is 35.2. The van der Waals surface area contributed by atoms with Crippen LogP contribution in [0.1, 0.15) is 45.3 Å². The first-order valence-corrected chi connectivity index (χ1v) is 9.62. The van der Waals surface area contributed by atoms with E-state index in [1.165, 1.54) is 12.3 Å². The minimum Gasteiger partial charge on any atom is -0.449 e. The molecule has 166 valence electrons. The average Bonchev–Trinajstić information content (AvgIpc) is 2.96. The number of anilines is 1. The van der Waals surface area contributed by atoms with Gasteiger partial charge in [-0.3, -0.25) is 9.88 Å². The van der Waals surface area contributed by atoms with E-state index >= 15 is 0 Å². The second kappa shape index (κ2) is 10.9. The van der Waals surface area contributed by atoms with E-state index in [1.54, 1.807) is 0 Å². The van der Waals surface area contributed by atoms with Gasteiger partial charge in [0.2, 0.25) is 5.72 Å². The van der Waals surface area contributed by atoms with E-state index < -0.39 is 42.6 Å². The minimum absolute atomic E-state index is 0.0799. The molecule has 0 radical (unpaired) electrons. The summed E-state index contributed by atoms with van der Waals surface area (Å²) in [5.41, 5.74) is 5.55. The molecule has 1 fully saturated rings. The maximum atomic E-state index is 12.3. The molecule has 0 bridgehead atoms. The molecule has 2 heterocycles. The van der Waals surface area contributed by atoms with Gasteiger partial charge in [0, 0.05) is 11.1 Å². The van der Waals surface area contributed by atoms with Crippen LogP contribution in [0.15, 0.2) is 22.2 Å². The largest absolute Gasteiger partial charge is 0.449 e. The van der Waals surface area contributed by atoms with Crippen LogP contribution in [0.3, 0.4) is 0 Å². The highest BCUT2D eigenvalue weighted by atomic mass is 16.6. The Bertz CT molecular complexity index is 827. The zero-order valence-electron chi connectivity index (χ0n) is 16.5. The molecule has 1 amide bonds. The zero-order chi connectivity index (χ0) is 22.1. The Balaban J connectivity index is 1.99. The summed E-state index contributed by atoms with van der Waals surface area (Å²) < 4.78 is 11.1. The molecular formula is C17H26N6O7. The summed E-state index contributed by atoms with van der Waals surface area (Å²) in [6, 6.07) is 1.26. The van der Waals surface area contributed by atoms with Gasteiger partial charge in [-0.05, 0) is 18.0 Å². The number of hydrogen-bond acceptors (Lipinski definition) is 9. The molecule has 0 spiro atoms. The highest BCUT2D eigenvalue weighted by Crippen LogP contribution is 2.37. The first-order valence-electron chi connectivity index (χ1n) is 9.62. The Morgan fingerprint density at radius 1 is 1.43 bits per heavy atom. The van der Waals surface area contributed by atoms with Gasteiger partial charge < -0.3 is 24.8 Å².